The van der Waals surface area contributed by atoms with Gasteiger partial charge in [-0.3, -0.25) is 9.59 Å². The zero-order chi connectivity index (χ0) is 14.8. The first-order valence-corrected chi connectivity index (χ1v) is 7.09. The SMILES string of the molecule is O=C1CC(C(=O)NCC(O)c2ccc3ccccc3c2)C1. The topological polar surface area (TPSA) is 66.4 Å². The van der Waals surface area contributed by atoms with Gasteiger partial charge in [-0.15, -0.1) is 0 Å². The van der Waals surface area contributed by atoms with Gasteiger partial charge in [0.1, 0.15) is 5.78 Å². The molecule has 21 heavy (non-hydrogen) atoms. The maximum absolute atomic E-state index is 11.7. The van der Waals surface area contributed by atoms with Crippen molar-refractivity contribution in [2.24, 2.45) is 5.92 Å². The Balaban J connectivity index is 1.62. The molecule has 2 aromatic rings. The number of hydrogen-bond donors (Lipinski definition) is 2. The van der Waals surface area contributed by atoms with Crippen LogP contribution < -0.4 is 5.32 Å². The third kappa shape index (κ3) is 2.95. The lowest BCUT2D eigenvalue weighted by Crippen LogP contribution is -2.40. The smallest absolute Gasteiger partial charge is 0.224 e. The van der Waals surface area contributed by atoms with E-state index in [4.69, 9.17) is 0 Å². The Hall–Kier alpha value is -2.20. The summed E-state index contributed by atoms with van der Waals surface area (Å²) in [5, 5.41) is 15.1. The van der Waals surface area contributed by atoms with E-state index in [1.165, 1.54) is 0 Å². The minimum Gasteiger partial charge on any atom is -0.387 e. The number of nitrogens with one attached hydrogen (secondary N) is 1. The third-order valence-corrected chi connectivity index (χ3v) is 3.95. The van der Waals surface area contributed by atoms with Gasteiger partial charge in [0.2, 0.25) is 5.91 Å². The summed E-state index contributed by atoms with van der Waals surface area (Å²) in [6.45, 7) is 0.169. The molecule has 3 rings (SSSR count). The van der Waals surface area contributed by atoms with E-state index in [2.05, 4.69) is 5.32 Å². The van der Waals surface area contributed by atoms with Crippen LogP contribution in [0.5, 0.6) is 0 Å². The van der Waals surface area contributed by atoms with Gasteiger partial charge in [0.15, 0.2) is 0 Å². The number of carbonyl (C=O) groups excluding carboxylic acids is 2. The van der Waals surface area contributed by atoms with Gasteiger partial charge < -0.3 is 10.4 Å². The van der Waals surface area contributed by atoms with Crippen LogP contribution in [0.3, 0.4) is 0 Å². The van der Waals surface area contributed by atoms with E-state index < -0.39 is 6.10 Å². The Morgan fingerprint density at radius 3 is 2.62 bits per heavy atom. The van der Waals surface area contributed by atoms with Crippen molar-refractivity contribution >= 4 is 22.5 Å². The Morgan fingerprint density at radius 1 is 1.19 bits per heavy atom. The largest absolute Gasteiger partial charge is 0.387 e. The minimum absolute atomic E-state index is 0.130. The lowest BCUT2D eigenvalue weighted by molar-refractivity contribution is -0.138. The van der Waals surface area contributed by atoms with Crippen molar-refractivity contribution in [3.8, 4) is 0 Å². The Morgan fingerprint density at radius 2 is 1.90 bits per heavy atom. The summed E-state index contributed by atoms with van der Waals surface area (Å²) in [6.07, 6.45) is -0.0789. The highest BCUT2D eigenvalue weighted by Gasteiger charge is 2.32. The van der Waals surface area contributed by atoms with E-state index in [1.807, 2.05) is 42.5 Å². The highest BCUT2D eigenvalue weighted by Crippen LogP contribution is 2.23. The summed E-state index contributed by atoms with van der Waals surface area (Å²) in [6, 6.07) is 13.7. The fourth-order valence-corrected chi connectivity index (χ4v) is 2.55. The van der Waals surface area contributed by atoms with Gasteiger partial charge in [0.25, 0.3) is 0 Å². The lowest BCUT2D eigenvalue weighted by atomic mass is 9.83. The molecule has 108 valence electrons. The zero-order valence-electron chi connectivity index (χ0n) is 11.6. The molecule has 0 saturated heterocycles. The molecule has 1 fully saturated rings. The van der Waals surface area contributed by atoms with Crippen LogP contribution in [0.4, 0.5) is 0 Å². The van der Waals surface area contributed by atoms with Crippen molar-refractivity contribution in [3.63, 3.8) is 0 Å². The lowest BCUT2D eigenvalue weighted by Gasteiger charge is -2.23. The Bertz CT molecular complexity index is 687. The second-order valence-electron chi connectivity index (χ2n) is 5.51. The molecule has 1 amide bonds. The maximum atomic E-state index is 11.7. The second kappa shape index (κ2) is 5.66. The number of Topliss-reactive ketones (excluding diaryl/α,β-unsaturated/α-hetero) is 1. The zero-order valence-corrected chi connectivity index (χ0v) is 11.6. The number of benzene rings is 2. The van der Waals surface area contributed by atoms with Crippen molar-refractivity contribution < 1.29 is 14.7 Å². The first-order chi connectivity index (χ1) is 10.1. The van der Waals surface area contributed by atoms with Crippen molar-refractivity contribution in [1.82, 2.24) is 5.32 Å². The number of aliphatic hydroxyl groups is 1. The van der Waals surface area contributed by atoms with E-state index in [-0.39, 0.29) is 24.2 Å². The van der Waals surface area contributed by atoms with Crippen molar-refractivity contribution in [3.05, 3.63) is 48.0 Å². The van der Waals surface area contributed by atoms with Crippen LogP contribution in [0, 0.1) is 5.92 Å². The van der Waals surface area contributed by atoms with Crippen LogP contribution in [0.15, 0.2) is 42.5 Å². The van der Waals surface area contributed by atoms with Crippen LogP contribution in [0.1, 0.15) is 24.5 Å². The van der Waals surface area contributed by atoms with Crippen molar-refractivity contribution in [1.29, 1.82) is 0 Å². The molecule has 1 unspecified atom stereocenters. The quantitative estimate of drug-likeness (QED) is 0.901. The number of carbonyl (C=O) groups is 2. The molecule has 0 radical (unpaired) electrons. The van der Waals surface area contributed by atoms with Gasteiger partial charge in [-0.25, -0.2) is 0 Å². The van der Waals surface area contributed by atoms with Gasteiger partial charge in [-0.05, 0) is 22.4 Å². The predicted molar refractivity (Wildman–Crippen MR) is 79.6 cm³/mol. The van der Waals surface area contributed by atoms with E-state index in [9.17, 15) is 14.7 Å². The van der Waals surface area contributed by atoms with E-state index >= 15 is 0 Å². The average molecular weight is 283 g/mol. The first-order valence-electron chi connectivity index (χ1n) is 7.09. The maximum Gasteiger partial charge on any atom is 0.224 e. The summed E-state index contributed by atoms with van der Waals surface area (Å²) < 4.78 is 0. The molecular weight excluding hydrogens is 266 g/mol. The van der Waals surface area contributed by atoms with E-state index in [1.54, 1.807) is 0 Å². The first kappa shape index (κ1) is 13.8. The Labute approximate surface area is 122 Å². The summed E-state index contributed by atoms with van der Waals surface area (Å²) in [5.74, 6) is -0.221. The fraction of sp³-hybridized carbons (Fsp3) is 0.294. The Kier molecular flexibility index (Phi) is 3.71. The fourth-order valence-electron chi connectivity index (χ4n) is 2.55. The van der Waals surface area contributed by atoms with Gasteiger partial charge in [0, 0.05) is 19.4 Å². The average Bonchev–Trinajstić information content (AvgIpc) is 2.48. The summed E-state index contributed by atoms with van der Waals surface area (Å²) in [4.78, 5) is 22.6. The number of aliphatic hydroxyl groups excluding tert-OH is 1. The molecule has 0 aliphatic heterocycles. The van der Waals surface area contributed by atoms with Gasteiger partial charge in [-0.1, -0.05) is 36.4 Å². The normalized spacial score (nSPS) is 16.5. The molecule has 0 aromatic heterocycles. The van der Waals surface area contributed by atoms with Crippen molar-refractivity contribution in [2.45, 2.75) is 18.9 Å². The monoisotopic (exact) mass is 283 g/mol. The number of ketones is 1. The van der Waals surface area contributed by atoms with Crippen LogP contribution >= 0.6 is 0 Å². The summed E-state index contributed by atoms with van der Waals surface area (Å²) in [5.41, 5.74) is 0.777. The number of fused-ring (bicyclic) bond motifs is 1. The van der Waals surface area contributed by atoms with Crippen LogP contribution in [-0.2, 0) is 9.59 Å². The van der Waals surface area contributed by atoms with E-state index in [0.29, 0.717) is 12.8 Å². The molecule has 1 aliphatic carbocycles. The molecule has 0 spiro atoms. The molecular formula is C17H17NO3. The molecule has 4 nitrogen and oxygen atoms in total. The molecule has 2 aromatic carbocycles. The standard InChI is InChI=1S/C17H17NO3/c19-15-8-14(9-15)17(21)18-10-16(20)13-6-5-11-3-1-2-4-12(11)7-13/h1-7,14,16,20H,8-10H2,(H,18,21). The molecule has 4 heteroatoms. The highest BCUT2D eigenvalue weighted by atomic mass is 16.3. The predicted octanol–water partition coefficient (Wildman–Crippen LogP) is 1.97. The van der Waals surface area contributed by atoms with Crippen molar-refractivity contribution in [2.75, 3.05) is 6.54 Å². The molecule has 0 bridgehead atoms. The number of hydrogen-bond acceptors (Lipinski definition) is 3. The second-order valence-corrected chi connectivity index (χ2v) is 5.51. The summed E-state index contributed by atoms with van der Waals surface area (Å²) in [7, 11) is 0. The van der Waals surface area contributed by atoms with Gasteiger partial charge in [-0.2, -0.15) is 0 Å². The molecule has 1 aliphatic rings. The molecule has 1 saturated carbocycles. The van der Waals surface area contributed by atoms with Crippen LogP contribution in [-0.4, -0.2) is 23.3 Å². The number of amides is 1. The van der Waals surface area contributed by atoms with Crippen LogP contribution in [0.25, 0.3) is 10.8 Å². The molecule has 0 heterocycles. The van der Waals surface area contributed by atoms with Gasteiger partial charge >= 0.3 is 0 Å². The van der Waals surface area contributed by atoms with Crippen LogP contribution in [0.2, 0.25) is 0 Å². The molecule has 1 atom stereocenters. The number of rotatable bonds is 4. The molecule has 2 N–H and O–H groups in total. The third-order valence-electron chi connectivity index (χ3n) is 3.95. The van der Waals surface area contributed by atoms with Gasteiger partial charge in [0.05, 0.1) is 12.0 Å². The summed E-state index contributed by atoms with van der Waals surface area (Å²) >= 11 is 0. The highest BCUT2D eigenvalue weighted by molar-refractivity contribution is 5.96. The minimum atomic E-state index is -0.741. The van der Waals surface area contributed by atoms with E-state index in [0.717, 1.165) is 16.3 Å².